The summed E-state index contributed by atoms with van der Waals surface area (Å²) in [5.41, 5.74) is 4.15. The summed E-state index contributed by atoms with van der Waals surface area (Å²) in [5, 5.41) is 0. The molecule has 0 atom stereocenters. The van der Waals surface area contributed by atoms with Crippen LogP contribution in [0.4, 0.5) is 11.4 Å². The van der Waals surface area contributed by atoms with Gasteiger partial charge >= 0.3 is 0 Å². The van der Waals surface area contributed by atoms with Crippen molar-refractivity contribution in [1.82, 2.24) is 9.80 Å². The second kappa shape index (κ2) is 9.30. The lowest BCUT2D eigenvalue weighted by Gasteiger charge is -2.35. The van der Waals surface area contributed by atoms with Gasteiger partial charge in [-0.2, -0.15) is 0 Å². The minimum Gasteiger partial charge on any atom is -0.378 e. The minimum atomic E-state index is 0.0676. The maximum atomic E-state index is 13.0. The molecule has 3 heterocycles. The number of hydrogen-bond donors (Lipinski definition) is 0. The minimum absolute atomic E-state index is 0.0676. The zero-order valence-electron chi connectivity index (χ0n) is 18.4. The molecule has 0 saturated carbocycles. The molecule has 0 spiro atoms. The average Bonchev–Trinajstić information content (AvgIpc) is 3.29. The van der Waals surface area contributed by atoms with E-state index in [0.29, 0.717) is 19.6 Å². The molecule has 3 aliphatic rings. The number of nitrogens with zero attached hydrogens (tertiary/aromatic N) is 4. The molecule has 2 fully saturated rings. The Morgan fingerprint density at radius 2 is 1.53 bits per heavy atom. The topological polar surface area (TPSA) is 56.3 Å². The number of piperazine rings is 1. The first-order valence-electron chi connectivity index (χ1n) is 11.5. The van der Waals surface area contributed by atoms with Crippen molar-refractivity contribution < 1.29 is 14.3 Å². The van der Waals surface area contributed by atoms with Gasteiger partial charge in [0.05, 0.1) is 19.8 Å². The number of para-hydroxylation sites is 1. The van der Waals surface area contributed by atoms with Crippen LogP contribution in [-0.4, -0.2) is 87.2 Å². The SMILES string of the molecule is O=C(c1ccc(N2CCOCC2)cc1)N1CCN(CC(=O)N2CCc3ccccc32)CC1. The smallest absolute Gasteiger partial charge is 0.253 e. The number of carbonyl (C=O) groups excluding carboxylic acids is 2. The zero-order chi connectivity index (χ0) is 21.9. The van der Waals surface area contributed by atoms with Gasteiger partial charge in [-0.1, -0.05) is 18.2 Å². The van der Waals surface area contributed by atoms with Gasteiger partial charge in [0, 0.05) is 62.8 Å². The predicted octanol–water partition coefficient (Wildman–Crippen LogP) is 1.87. The highest BCUT2D eigenvalue weighted by Crippen LogP contribution is 2.27. The first kappa shape index (κ1) is 21.0. The number of ether oxygens (including phenoxy) is 1. The Kier molecular flexibility index (Phi) is 6.10. The van der Waals surface area contributed by atoms with Gasteiger partial charge in [-0.25, -0.2) is 0 Å². The molecule has 2 amide bonds. The molecule has 7 heteroatoms. The highest BCUT2D eigenvalue weighted by molar-refractivity contribution is 5.97. The summed E-state index contributed by atoms with van der Waals surface area (Å²) >= 11 is 0. The third-order valence-corrected chi connectivity index (χ3v) is 6.70. The van der Waals surface area contributed by atoms with Crippen molar-refractivity contribution in [3.8, 4) is 0 Å². The number of amides is 2. The maximum absolute atomic E-state index is 13.0. The van der Waals surface area contributed by atoms with E-state index in [4.69, 9.17) is 4.74 Å². The van der Waals surface area contributed by atoms with E-state index in [1.807, 2.05) is 52.3 Å². The number of carbonyl (C=O) groups is 2. The Bertz CT molecular complexity index is 963. The highest BCUT2D eigenvalue weighted by Gasteiger charge is 2.28. The standard InChI is InChI=1S/C25H30N4O3/c30-24(29-10-9-20-3-1-2-4-23(20)29)19-26-11-13-28(14-12-26)25(31)21-5-7-22(8-6-21)27-15-17-32-18-16-27/h1-8H,9-19H2. The van der Waals surface area contributed by atoms with Crippen molar-refractivity contribution in [2.45, 2.75) is 6.42 Å². The summed E-state index contributed by atoms with van der Waals surface area (Å²) in [7, 11) is 0. The van der Waals surface area contributed by atoms with Crippen molar-refractivity contribution in [3.05, 3.63) is 59.7 Å². The number of morpholine rings is 1. The number of benzene rings is 2. The second-order valence-electron chi connectivity index (χ2n) is 8.64. The van der Waals surface area contributed by atoms with Crippen LogP contribution >= 0.6 is 0 Å². The third kappa shape index (κ3) is 4.36. The van der Waals surface area contributed by atoms with Gasteiger partial charge in [-0.3, -0.25) is 14.5 Å². The highest BCUT2D eigenvalue weighted by atomic mass is 16.5. The molecule has 32 heavy (non-hydrogen) atoms. The van der Waals surface area contributed by atoms with E-state index in [-0.39, 0.29) is 11.8 Å². The van der Waals surface area contributed by atoms with E-state index in [0.717, 1.165) is 69.3 Å². The summed E-state index contributed by atoms with van der Waals surface area (Å²) in [6.07, 6.45) is 0.925. The molecule has 0 radical (unpaired) electrons. The Morgan fingerprint density at radius 1 is 0.812 bits per heavy atom. The largest absolute Gasteiger partial charge is 0.378 e. The fourth-order valence-corrected chi connectivity index (χ4v) is 4.80. The fourth-order valence-electron chi connectivity index (χ4n) is 4.80. The van der Waals surface area contributed by atoms with Crippen LogP contribution in [0.1, 0.15) is 15.9 Å². The van der Waals surface area contributed by atoms with Crippen LogP contribution in [0.2, 0.25) is 0 Å². The van der Waals surface area contributed by atoms with E-state index in [1.54, 1.807) is 0 Å². The van der Waals surface area contributed by atoms with Crippen LogP contribution in [-0.2, 0) is 16.0 Å². The summed E-state index contributed by atoms with van der Waals surface area (Å²) < 4.78 is 5.41. The van der Waals surface area contributed by atoms with Gasteiger partial charge < -0.3 is 19.4 Å². The lowest BCUT2D eigenvalue weighted by Crippen LogP contribution is -2.51. The van der Waals surface area contributed by atoms with Crippen molar-refractivity contribution in [1.29, 1.82) is 0 Å². The molecule has 5 rings (SSSR count). The third-order valence-electron chi connectivity index (χ3n) is 6.70. The van der Waals surface area contributed by atoms with Gasteiger partial charge in [-0.05, 0) is 42.3 Å². The molecule has 0 unspecified atom stereocenters. The summed E-state index contributed by atoms with van der Waals surface area (Å²) in [5.74, 6) is 0.214. The normalized spacial score (nSPS) is 19.2. The summed E-state index contributed by atoms with van der Waals surface area (Å²) in [6, 6.07) is 16.0. The summed E-state index contributed by atoms with van der Waals surface area (Å²) in [4.78, 5) is 34.1. The Labute approximate surface area is 189 Å². The van der Waals surface area contributed by atoms with Gasteiger partial charge in [0.1, 0.15) is 0 Å². The lowest BCUT2D eigenvalue weighted by atomic mass is 10.1. The number of fused-ring (bicyclic) bond motifs is 1. The predicted molar refractivity (Wildman–Crippen MR) is 124 cm³/mol. The van der Waals surface area contributed by atoms with Crippen molar-refractivity contribution >= 4 is 23.2 Å². The maximum Gasteiger partial charge on any atom is 0.253 e. The molecule has 168 valence electrons. The van der Waals surface area contributed by atoms with Crippen LogP contribution in [0, 0.1) is 0 Å². The zero-order valence-corrected chi connectivity index (χ0v) is 18.4. The molecule has 2 saturated heterocycles. The summed E-state index contributed by atoms with van der Waals surface area (Å²) in [6.45, 7) is 7.17. The number of anilines is 2. The molecule has 0 N–H and O–H groups in total. The van der Waals surface area contributed by atoms with E-state index in [1.165, 1.54) is 5.56 Å². The van der Waals surface area contributed by atoms with Crippen molar-refractivity contribution in [3.63, 3.8) is 0 Å². The molecule has 3 aliphatic heterocycles. The Balaban J connectivity index is 1.13. The molecule has 0 aliphatic carbocycles. The van der Waals surface area contributed by atoms with Gasteiger partial charge in [0.25, 0.3) is 5.91 Å². The van der Waals surface area contributed by atoms with Crippen LogP contribution in [0.5, 0.6) is 0 Å². The second-order valence-corrected chi connectivity index (χ2v) is 8.64. The Hall–Kier alpha value is -2.90. The molecular formula is C25H30N4O3. The van der Waals surface area contributed by atoms with Crippen LogP contribution in [0.15, 0.2) is 48.5 Å². The molecule has 2 aromatic rings. The van der Waals surface area contributed by atoms with Crippen molar-refractivity contribution in [2.24, 2.45) is 0 Å². The van der Waals surface area contributed by atoms with E-state index >= 15 is 0 Å². The van der Waals surface area contributed by atoms with Crippen LogP contribution < -0.4 is 9.80 Å². The first-order valence-corrected chi connectivity index (χ1v) is 11.5. The molecule has 0 aromatic heterocycles. The molecule has 0 bridgehead atoms. The van der Waals surface area contributed by atoms with E-state index in [2.05, 4.69) is 15.9 Å². The number of hydrogen-bond acceptors (Lipinski definition) is 5. The molecule has 2 aromatic carbocycles. The van der Waals surface area contributed by atoms with Gasteiger partial charge in [0.2, 0.25) is 5.91 Å². The fraction of sp³-hybridized carbons (Fsp3) is 0.440. The lowest BCUT2D eigenvalue weighted by molar-refractivity contribution is -0.120. The van der Waals surface area contributed by atoms with Gasteiger partial charge in [-0.15, -0.1) is 0 Å². The molecule has 7 nitrogen and oxygen atoms in total. The van der Waals surface area contributed by atoms with Crippen LogP contribution in [0.25, 0.3) is 0 Å². The average molecular weight is 435 g/mol. The first-order chi connectivity index (χ1) is 15.7. The molecular weight excluding hydrogens is 404 g/mol. The monoisotopic (exact) mass is 434 g/mol. The van der Waals surface area contributed by atoms with Crippen molar-refractivity contribution in [2.75, 3.05) is 75.4 Å². The number of rotatable bonds is 4. The quantitative estimate of drug-likeness (QED) is 0.736. The Morgan fingerprint density at radius 3 is 2.28 bits per heavy atom. The van der Waals surface area contributed by atoms with E-state index in [9.17, 15) is 9.59 Å². The van der Waals surface area contributed by atoms with Gasteiger partial charge in [0.15, 0.2) is 0 Å². The van der Waals surface area contributed by atoms with E-state index < -0.39 is 0 Å². The van der Waals surface area contributed by atoms with Crippen LogP contribution in [0.3, 0.4) is 0 Å².